The molecule has 0 aromatic carbocycles. The average molecular weight is 268 g/mol. The fraction of sp³-hybridized carbons (Fsp3) is 0.364. The first-order valence-corrected chi connectivity index (χ1v) is 7.16. The summed E-state index contributed by atoms with van der Waals surface area (Å²) < 4.78 is 0. The molecule has 1 aromatic heterocycles. The summed E-state index contributed by atoms with van der Waals surface area (Å²) in [5, 5.41) is 5.24. The molecule has 1 aliphatic heterocycles. The Morgan fingerprint density at radius 3 is 2.94 bits per heavy atom. The van der Waals surface area contributed by atoms with Crippen molar-refractivity contribution in [3.8, 4) is 0 Å². The zero-order chi connectivity index (χ0) is 12.1. The predicted octanol–water partition coefficient (Wildman–Crippen LogP) is 1.93. The molecule has 0 unspecified atom stereocenters. The van der Waals surface area contributed by atoms with Crippen molar-refractivity contribution in [1.82, 2.24) is 5.32 Å². The van der Waals surface area contributed by atoms with Gasteiger partial charge in [0.2, 0.25) is 5.91 Å². The van der Waals surface area contributed by atoms with Gasteiger partial charge in [-0.05, 0) is 11.4 Å². The molecule has 0 radical (unpaired) electrons. The van der Waals surface area contributed by atoms with E-state index < -0.39 is 0 Å². The summed E-state index contributed by atoms with van der Waals surface area (Å²) in [6.45, 7) is 0.758. The molecule has 1 N–H and O–H groups in total. The topological polar surface area (TPSA) is 58.5 Å². The van der Waals surface area contributed by atoms with Crippen LogP contribution in [0.4, 0.5) is 0 Å². The van der Waals surface area contributed by atoms with Gasteiger partial charge < -0.3 is 5.32 Å². The van der Waals surface area contributed by atoms with E-state index in [9.17, 15) is 9.59 Å². The van der Waals surface area contributed by atoms with Gasteiger partial charge >= 0.3 is 0 Å². The Labute approximate surface area is 108 Å². The SMILES string of the molecule is O=C(CCC(=O)c1cccs1)NC1=NCCS1. The van der Waals surface area contributed by atoms with Crippen LogP contribution in [0.15, 0.2) is 22.5 Å². The van der Waals surface area contributed by atoms with E-state index in [0.717, 1.165) is 12.3 Å². The number of aliphatic imine (C=N–C) groups is 1. The van der Waals surface area contributed by atoms with E-state index in [1.165, 1.54) is 23.1 Å². The second-order valence-electron chi connectivity index (χ2n) is 3.48. The third-order valence-electron chi connectivity index (χ3n) is 2.21. The number of nitrogens with one attached hydrogen (secondary N) is 1. The van der Waals surface area contributed by atoms with Crippen LogP contribution in [0.3, 0.4) is 0 Å². The molecular formula is C11H12N2O2S2. The fourth-order valence-corrected chi connectivity index (χ4v) is 2.82. The quantitative estimate of drug-likeness (QED) is 0.849. The number of carbonyl (C=O) groups is 2. The van der Waals surface area contributed by atoms with Crippen molar-refractivity contribution in [3.05, 3.63) is 22.4 Å². The van der Waals surface area contributed by atoms with Crippen molar-refractivity contribution >= 4 is 40.0 Å². The molecular weight excluding hydrogens is 256 g/mol. The van der Waals surface area contributed by atoms with Crippen LogP contribution in [0.5, 0.6) is 0 Å². The third kappa shape index (κ3) is 3.67. The smallest absolute Gasteiger partial charge is 0.226 e. The molecule has 0 fully saturated rings. The first-order valence-electron chi connectivity index (χ1n) is 5.29. The summed E-state index contributed by atoms with van der Waals surface area (Å²) in [5.74, 6) is 0.809. The van der Waals surface area contributed by atoms with Crippen molar-refractivity contribution in [2.75, 3.05) is 12.3 Å². The molecule has 0 saturated heterocycles. The summed E-state index contributed by atoms with van der Waals surface area (Å²) in [6.07, 6.45) is 0.473. The minimum Gasteiger partial charge on any atom is -0.305 e. The van der Waals surface area contributed by atoms with Crippen LogP contribution in [0.1, 0.15) is 22.5 Å². The number of hydrogen-bond acceptors (Lipinski definition) is 5. The van der Waals surface area contributed by atoms with Crippen LogP contribution in [0, 0.1) is 0 Å². The second-order valence-corrected chi connectivity index (χ2v) is 5.52. The second kappa shape index (κ2) is 5.97. The van der Waals surface area contributed by atoms with Crippen LogP contribution in [-0.4, -0.2) is 29.2 Å². The molecule has 1 aliphatic rings. The van der Waals surface area contributed by atoms with E-state index >= 15 is 0 Å². The molecule has 0 spiro atoms. The molecule has 6 heteroatoms. The average Bonchev–Trinajstić information content (AvgIpc) is 2.97. The molecule has 90 valence electrons. The summed E-state index contributed by atoms with van der Waals surface area (Å²) >= 11 is 2.94. The number of amidine groups is 1. The highest BCUT2D eigenvalue weighted by atomic mass is 32.2. The highest BCUT2D eigenvalue weighted by Crippen LogP contribution is 2.13. The molecule has 1 amide bonds. The van der Waals surface area contributed by atoms with Gasteiger partial charge in [-0.2, -0.15) is 0 Å². The lowest BCUT2D eigenvalue weighted by atomic mass is 10.2. The largest absolute Gasteiger partial charge is 0.305 e. The number of amides is 1. The zero-order valence-corrected chi connectivity index (χ0v) is 10.8. The number of nitrogens with zero attached hydrogens (tertiary/aromatic N) is 1. The van der Waals surface area contributed by atoms with Gasteiger partial charge in [0.15, 0.2) is 11.0 Å². The van der Waals surface area contributed by atoms with Gasteiger partial charge in [0.05, 0.1) is 11.4 Å². The lowest BCUT2D eigenvalue weighted by Gasteiger charge is -2.02. The number of thioether (sulfide) groups is 1. The standard InChI is InChI=1S/C11H12N2O2S2/c14-8(9-2-1-6-16-9)3-4-10(15)13-11-12-5-7-17-11/h1-2,6H,3-5,7H2,(H,12,13,15). The number of hydrogen-bond donors (Lipinski definition) is 1. The van der Waals surface area contributed by atoms with E-state index in [4.69, 9.17) is 0 Å². The van der Waals surface area contributed by atoms with E-state index in [1.807, 2.05) is 11.4 Å². The van der Waals surface area contributed by atoms with Crippen LogP contribution in [0.25, 0.3) is 0 Å². The fourth-order valence-electron chi connectivity index (χ4n) is 1.38. The lowest BCUT2D eigenvalue weighted by Crippen LogP contribution is -2.27. The first-order chi connectivity index (χ1) is 8.25. The molecule has 0 aliphatic carbocycles. The van der Waals surface area contributed by atoms with Gasteiger partial charge in [0, 0.05) is 18.6 Å². The van der Waals surface area contributed by atoms with E-state index in [0.29, 0.717) is 10.0 Å². The Balaban J connectivity index is 1.74. The number of carbonyl (C=O) groups excluding carboxylic acids is 2. The Morgan fingerprint density at radius 2 is 2.29 bits per heavy atom. The summed E-state index contributed by atoms with van der Waals surface area (Å²) in [7, 11) is 0. The molecule has 0 saturated carbocycles. The van der Waals surface area contributed by atoms with Gasteiger partial charge in [0.25, 0.3) is 0 Å². The van der Waals surface area contributed by atoms with Gasteiger partial charge in [0.1, 0.15) is 0 Å². The molecule has 1 aromatic rings. The lowest BCUT2D eigenvalue weighted by molar-refractivity contribution is -0.119. The summed E-state index contributed by atoms with van der Waals surface area (Å²) in [5.41, 5.74) is 0. The van der Waals surface area contributed by atoms with Crippen molar-refractivity contribution in [3.63, 3.8) is 0 Å². The van der Waals surface area contributed by atoms with Crippen molar-refractivity contribution in [2.45, 2.75) is 12.8 Å². The number of ketones is 1. The third-order valence-corrected chi connectivity index (χ3v) is 4.01. The highest BCUT2D eigenvalue weighted by Gasteiger charge is 2.13. The Bertz CT molecular complexity index is 440. The Hall–Kier alpha value is -1.14. The summed E-state index contributed by atoms with van der Waals surface area (Å²) in [4.78, 5) is 28.0. The molecule has 0 atom stereocenters. The molecule has 4 nitrogen and oxygen atoms in total. The van der Waals surface area contributed by atoms with Crippen LogP contribution < -0.4 is 5.32 Å². The zero-order valence-electron chi connectivity index (χ0n) is 9.14. The maximum absolute atomic E-state index is 11.6. The molecule has 2 heterocycles. The van der Waals surface area contributed by atoms with E-state index in [2.05, 4.69) is 10.3 Å². The minimum absolute atomic E-state index is 0.0242. The maximum Gasteiger partial charge on any atom is 0.226 e. The number of rotatable bonds is 4. The molecule has 0 bridgehead atoms. The maximum atomic E-state index is 11.6. The Kier molecular flexibility index (Phi) is 4.33. The normalized spacial score (nSPS) is 14.5. The van der Waals surface area contributed by atoms with Crippen molar-refractivity contribution in [2.24, 2.45) is 4.99 Å². The van der Waals surface area contributed by atoms with Gasteiger partial charge in [-0.3, -0.25) is 14.6 Å². The van der Waals surface area contributed by atoms with Gasteiger partial charge in [-0.25, -0.2) is 0 Å². The minimum atomic E-state index is -0.136. The van der Waals surface area contributed by atoms with Crippen molar-refractivity contribution in [1.29, 1.82) is 0 Å². The van der Waals surface area contributed by atoms with Crippen LogP contribution in [0.2, 0.25) is 0 Å². The number of Topliss-reactive ketones (excluding diaryl/α,β-unsaturated/α-hetero) is 1. The summed E-state index contributed by atoms with van der Waals surface area (Å²) in [6, 6.07) is 3.61. The first kappa shape index (κ1) is 12.3. The van der Waals surface area contributed by atoms with Crippen LogP contribution >= 0.6 is 23.1 Å². The Morgan fingerprint density at radius 1 is 1.41 bits per heavy atom. The van der Waals surface area contributed by atoms with Crippen LogP contribution in [-0.2, 0) is 4.79 Å². The van der Waals surface area contributed by atoms with Crippen molar-refractivity contribution < 1.29 is 9.59 Å². The highest BCUT2D eigenvalue weighted by molar-refractivity contribution is 8.14. The van der Waals surface area contributed by atoms with E-state index in [1.54, 1.807) is 6.07 Å². The number of thiophene rings is 1. The molecule has 17 heavy (non-hydrogen) atoms. The molecule has 2 rings (SSSR count). The monoisotopic (exact) mass is 268 g/mol. The van der Waals surface area contributed by atoms with Gasteiger partial charge in [-0.15, -0.1) is 11.3 Å². The predicted molar refractivity (Wildman–Crippen MR) is 70.8 cm³/mol. The van der Waals surface area contributed by atoms with E-state index in [-0.39, 0.29) is 24.5 Å². The van der Waals surface area contributed by atoms with Gasteiger partial charge in [-0.1, -0.05) is 17.8 Å².